The van der Waals surface area contributed by atoms with E-state index in [1.807, 2.05) is 5.32 Å². The molecule has 0 heterocycles. The topological polar surface area (TPSA) is 123 Å². The Balaban J connectivity index is 1.67. The Kier molecular flexibility index (Phi) is 8.30. The van der Waals surface area contributed by atoms with Crippen molar-refractivity contribution in [3.05, 3.63) is 59.9 Å². The van der Waals surface area contributed by atoms with Gasteiger partial charge in [-0.15, -0.1) is 0 Å². The number of esters is 1. The number of rotatable bonds is 8. The lowest BCUT2D eigenvalue weighted by molar-refractivity contribution is -0.148. The molecule has 2 aromatic carbocycles. The van der Waals surface area contributed by atoms with Crippen LogP contribution in [0.4, 0.5) is 14.9 Å². The van der Waals surface area contributed by atoms with E-state index in [2.05, 4.69) is 10.6 Å². The first-order chi connectivity index (χ1) is 14.4. The Morgan fingerprint density at radius 1 is 1.00 bits per heavy atom. The van der Waals surface area contributed by atoms with Gasteiger partial charge in [0.05, 0.1) is 24.8 Å². The largest absolute Gasteiger partial charge is 0.496 e. The molecule has 30 heavy (non-hydrogen) atoms. The molecule has 0 aromatic heterocycles. The van der Waals surface area contributed by atoms with Crippen molar-refractivity contribution < 1.29 is 33.0 Å². The number of urea groups is 1. The normalized spacial score (nSPS) is 9.93. The van der Waals surface area contributed by atoms with Crippen LogP contribution in [0.25, 0.3) is 0 Å². The molecule has 0 aliphatic heterocycles. The van der Waals surface area contributed by atoms with Crippen LogP contribution in [-0.2, 0) is 14.3 Å². The van der Waals surface area contributed by atoms with E-state index in [1.54, 1.807) is 24.3 Å². The van der Waals surface area contributed by atoms with E-state index in [4.69, 9.17) is 9.47 Å². The van der Waals surface area contributed by atoms with Gasteiger partial charge < -0.3 is 20.1 Å². The van der Waals surface area contributed by atoms with E-state index in [0.717, 1.165) is 6.07 Å². The predicted octanol–water partition coefficient (Wildman–Crippen LogP) is 1.85. The fourth-order valence-electron chi connectivity index (χ4n) is 2.30. The summed E-state index contributed by atoms with van der Waals surface area (Å²) in [5, 5.41) is 6.60. The molecule has 9 nitrogen and oxygen atoms in total. The number of para-hydroxylation sites is 2. The zero-order valence-electron chi connectivity index (χ0n) is 16.1. The standard InChI is InChI=1S/C20H20FN3O6/c1-29-16-9-5-2-6-13(16)19(27)22-11-10-18(26)30-12-17(25)24-20(28)23-15-8-4-3-7-14(15)21/h2-9H,10-12H2,1H3,(H,22,27)(H2,23,24,25,28). The molecule has 2 rings (SSSR count). The highest BCUT2D eigenvalue weighted by atomic mass is 19.1. The zero-order valence-corrected chi connectivity index (χ0v) is 16.1. The van der Waals surface area contributed by atoms with Crippen molar-refractivity contribution in [1.29, 1.82) is 0 Å². The SMILES string of the molecule is COc1ccccc1C(=O)NCCC(=O)OCC(=O)NC(=O)Nc1ccccc1F. The van der Waals surface area contributed by atoms with Crippen LogP contribution in [-0.4, -0.2) is 44.1 Å². The van der Waals surface area contributed by atoms with Gasteiger partial charge in [0.15, 0.2) is 6.61 Å². The zero-order chi connectivity index (χ0) is 21.9. The predicted molar refractivity (Wildman–Crippen MR) is 104 cm³/mol. The Hall–Kier alpha value is -3.95. The first kappa shape index (κ1) is 22.3. The van der Waals surface area contributed by atoms with Crippen LogP contribution in [0.1, 0.15) is 16.8 Å². The summed E-state index contributed by atoms with van der Waals surface area (Å²) in [6, 6.07) is 11.0. The minimum absolute atomic E-state index is 0.0227. The third-order valence-corrected chi connectivity index (χ3v) is 3.71. The molecule has 0 saturated carbocycles. The summed E-state index contributed by atoms with van der Waals surface area (Å²) in [5.74, 6) is -2.34. The van der Waals surface area contributed by atoms with E-state index in [1.165, 1.54) is 25.3 Å². The van der Waals surface area contributed by atoms with Crippen molar-refractivity contribution in [2.75, 3.05) is 25.6 Å². The van der Waals surface area contributed by atoms with Crippen molar-refractivity contribution >= 4 is 29.5 Å². The van der Waals surface area contributed by atoms with Crippen LogP contribution in [0, 0.1) is 5.82 Å². The summed E-state index contributed by atoms with van der Waals surface area (Å²) < 4.78 is 23.2. The van der Waals surface area contributed by atoms with Gasteiger partial charge in [-0.05, 0) is 24.3 Å². The van der Waals surface area contributed by atoms with Gasteiger partial charge in [-0.25, -0.2) is 9.18 Å². The average molecular weight is 417 g/mol. The van der Waals surface area contributed by atoms with Gasteiger partial charge in [0.2, 0.25) is 0 Å². The van der Waals surface area contributed by atoms with Gasteiger partial charge in [0, 0.05) is 6.54 Å². The van der Waals surface area contributed by atoms with Crippen molar-refractivity contribution in [1.82, 2.24) is 10.6 Å². The van der Waals surface area contributed by atoms with Crippen molar-refractivity contribution in [2.45, 2.75) is 6.42 Å². The lowest BCUT2D eigenvalue weighted by Crippen LogP contribution is -2.37. The van der Waals surface area contributed by atoms with Crippen LogP contribution in [0.2, 0.25) is 0 Å². The quantitative estimate of drug-likeness (QED) is 0.564. The van der Waals surface area contributed by atoms with E-state index >= 15 is 0 Å². The summed E-state index contributed by atoms with van der Waals surface area (Å²) in [5.41, 5.74) is 0.208. The second kappa shape index (κ2) is 11.1. The second-order valence-electron chi connectivity index (χ2n) is 5.85. The van der Waals surface area contributed by atoms with Crippen LogP contribution < -0.4 is 20.7 Å². The number of hydrogen-bond acceptors (Lipinski definition) is 6. The van der Waals surface area contributed by atoms with Crippen LogP contribution in [0.15, 0.2) is 48.5 Å². The fourth-order valence-corrected chi connectivity index (χ4v) is 2.30. The minimum Gasteiger partial charge on any atom is -0.496 e. The number of benzene rings is 2. The maximum Gasteiger partial charge on any atom is 0.326 e. The first-order valence-electron chi connectivity index (χ1n) is 8.83. The number of carbonyl (C=O) groups is 4. The molecule has 0 radical (unpaired) electrons. The van der Waals surface area contributed by atoms with Gasteiger partial charge in [0.25, 0.3) is 11.8 Å². The number of hydrogen-bond donors (Lipinski definition) is 3. The number of amides is 4. The molecular weight excluding hydrogens is 397 g/mol. The lowest BCUT2D eigenvalue weighted by Gasteiger charge is -2.09. The fraction of sp³-hybridized carbons (Fsp3) is 0.200. The molecule has 2 aromatic rings. The first-order valence-corrected chi connectivity index (χ1v) is 8.83. The highest BCUT2D eigenvalue weighted by molar-refractivity contribution is 6.02. The smallest absolute Gasteiger partial charge is 0.326 e. The average Bonchev–Trinajstić information content (AvgIpc) is 2.73. The molecule has 3 N–H and O–H groups in total. The number of imide groups is 1. The highest BCUT2D eigenvalue weighted by Crippen LogP contribution is 2.16. The Labute approximate surface area is 171 Å². The van der Waals surface area contributed by atoms with E-state index in [-0.39, 0.29) is 18.7 Å². The molecule has 0 fully saturated rings. The van der Waals surface area contributed by atoms with Crippen molar-refractivity contribution in [2.24, 2.45) is 0 Å². The van der Waals surface area contributed by atoms with E-state index in [9.17, 15) is 23.6 Å². The second-order valence-corrected chi connectivity index (χ2v) is 5.85. The molecule has 0 saturated heterocycles. The monoisotopic (exact) mass is 417 g/mol. The van der Waals surface area contributed by atoms with Gasteiger partial charge in [-0.1, -0.05) is 24.3 Å². The number of carbonyl (C=O) groups excluding carboxylic acids is 4. The van der Waals surface area contributed by atoms with E-state index in [0.29, 0.717) is 11.3 Å². The van der Waals surface area contributed by atoms with Gasteiger partial charge in [0.1, 0.15) is 11.6 Å². The van der Waals surface area contributed by atoms with Crippen LogP contribution in [0.3, 0.4) is 0 Å². The number of ether oxygens (including phenoxy) is 2. The summed E-state index contributed by atoms with van der Waals surface area (Å²) in [4.78, 5) is 47.1. The molecule has 0 atom stereocenters. The van der Waals surface area contributed by atoms with Gasteiger partial charge in [-0.2, -0.15) is 0 Å². The molecule has 0 aliphatic rings. The summed E-state index contributed by atoms with van der Waals surface area (Å²) >= 11 is 0. The molecule has 158 valence electrons. The minimum atomic E-state index is -0.967. The maximum absolute atomic E-state index is 13.4. The van der Waals surface area contributed by atoms with Crippen LogP contribution >= 0.6 is 0 Å². The lowest BCUT2D eigenvalue weighted by atomic mass is 10.2. The summed E-state index contributed by atoms with van der Waals surface area (Å²) in [6.45, 7) is -0.727. The van der Waals surface area contributed by atoms with Crippen molar-refractivity contribution in [3.8, 4) is 5.75 Å². The van der Waals surface area contributed by atoms with Crippen molar-refractivity contribution in [3.63, 3.8) is 0 Å². The molecular formula is C20H20FN3O6. The highest BCUT2D eigenvalue weighted by Gasteiger charge is 2.14. The number of halogens is 1. The Bertz CT molecular complexity index is 934. The van der Waals surface area contributed by atoms with E-state index < -0.39 is 36.2 Å². The third kappa shape index (κ3) is 6.89. The molecule has 0 bridgehead atoms. The summed E-state index contributed by atoms with van der Waals surface area (Å²) in [7, 11) is 1.44. The molecule has 0 aliphatic carbocycles. The third-order valence-electron chi connectivity index (χ3n) is 3.71. The molecule has 10 heteroatoms. The Morgan fingerprint density at radius 3 is 2.43 bits per heavy atom. The van der Waals surface area contributed by atoms with Gasteiger partial charge >= 0.3 is 12.0 Å². The molecule has 0 unspecified atom stereocenters. The van der Waals surface area contributed by atoms with Crippen LogP contribution in [0.5, 0.6) is 5.75 Å². The number of nitrogens with one attached hydrogen (secondary N) is 3. The molecule has 0 spiro atoms. The molecule has 4 amide bonds. The maximum atomic E-state index is 13.4. The van der Waals surface area contributed by atoms with Gasteiger partial charge in [-0.3, -0.25) is 19.7 Å². The number of anilines is 1. The Morgan fingerprint density at radius 2 is 1.70 bits per heavy atom. The number of methoxy groups -OCH3 is 1. The summed E-state index contributed by atoms with van der Waals surface area (Å²) in [6.07, 6.45) is -0.185.